The predicted octanol–water partition coefficient (Wildman–Crippen LogP) is 2.52. The summed E-state index contributed by atoms with van der Waals surface area (Å²) >= 11 is 0. The van der Waals surface area contributed by atoms with Gasteiger partial charge in [-0.1, -0.05) is 30.3 Å². The van der Waals surface area contributed by atoms with Gasteiger partial charge in [-0.25, -0.2) is 22.4 Å². The quantitative estimate of drug-likeness (QED) is 0.527. The molecule has 0 unspecified atom stereocenters. The molecule has 160 valence electrons. The third-order valence-electron chi connectivity index (χ3n) is 5.00. The number of aromatic nitrogens is 3. The van der Waals surface area contributed by atoms with Crippen LogP contribution in [0.15, 0.2) is 42.6 Å². The highest BCUT2D eigenvalue weighted by molar-refractivity contribution is 7.89. The Kier molecular flexibility index (Phi) is 6.84. The SMILES string of the molecule is CCn1ncc2c(C(=O)NCCCN(C)S(=O)(=O)CC)cc(-c3ccccc3)nc21. The van der Waals surface area contributed by atoms with Crippen molar-refractivity contribution in [3.05, 3.63) is 48.2 Å². The van der Waals surface area contributed by atoms with Crippen molar-refractivity contribution in [1.29, 1.82) is 0 Å². The molecule has 0 aliphatic carbocycles. The number of hydrogen-bond donors (Lipinski definition) is 1. The lowest BCUT2D eigenvalue weighted by atomic mass is 10.1. The summed E-state index contributed by atoms with van der Waals surface area (Å²) in [6.45, 7) is 4.96. The number of aryl methyl sites for hydroxylation is 1. The van der Waals surface area contributed by atoms with Crippen molar-refractivity contribution in [1.82, 2.24) is 24.4 Å². The fourth-order valence-electron chi connectivity index (χ4n) is 3.18. The van der Waals surface area contributed by atoms with E-state index < -0.39 is 10.0 Å². The molecule has 0 aliphatic heterocycles. The zero-order valence-electron chi connectivity index (χ0n) is 17.5. The van der Waals surface area contributed by atoms with Crippen LogP contribution in [-0.2, 0) is 16.6 Å². The molecular formula is C21H27N5O3S. The van der Waals surface area contributed by atoms with Crippen molar-refractivity contribution in [3.63, 3.8) is 0 Å². The molecule has 0 aliphatic rings. The molecule has 1 amide bonds. The third kappa shape index (κ3) is 4.68. The number of carbonyl (C=O) groups excluding carboxylic acids is 1. The molecule has 0 saturated carbocycles. The first-order valence-corrected chi connectivity index (χ1v) is 11.6. The molecule has 2 aromatic heterocycles. The molecule has 0 bridgehead atoms. The van der Waals surface area contributed by atoms with E-state index in [1.165, 1.54) is 4.31 Å². The van der Waals surface area contributed by atoms with E-state index in [9.17, 15) is 13.2 Å². The van der Waals surface area contributed by atoms with Gasteiger partial charge in [0.2, 0.25) is 10.0 Å². The van der Waals surface area contributed by atoms with Gasteiger partial charge in [0.1, 0.15) is 0 Å². The number of hydrogen-bond acceptors (Lipinski definition) is 5. The Morgan fingerprint density at radius 3 is 2.60 bits per heavy atom. The van der Waals surface area contributed by atoms with Gasteiger partial charge in [0.15, 0.2) is 5.65 Å². The van der Waals surface area contributed by atoms with E-state index in [1.807, 2.05) is 37.3 Å². The van der Waals surface area contributed by atoms with Crippen molar-refractivity contribution >= 4 is 27.0 Å². The van der Waals surface area contributed by atoms with E-state index >= 15 is 0 Å². The molecule has 1 N–H and O–H groups in total. The van der Waals surface area contributed by atoms with Crippen LogP contribution in [-0.4, -0.2) is 59.3 Å². The second-order valence-corrected chi connectivity index (χ2v) is 9.31. The number of pyridine rings is 1. The van der Waals surface area contributed by atoms with Gasteiger partial charge >= 0.3 is 0 Å². The van der Waals surface area contributed by atoms with Gasteiger partial charge in [-0.3, -0.25) is 4.79 Å². The second-order valence-electron chi connectivity index (χ2n) is 6.95. The number of benzene rings is 1. The van der Waals surface area contributed by atoms with Gasteiger partial charge in [0.05, 0.1) is 28.6 Å². The Hall–Kier alpha value is -2.78. The maximum atomic E-state index is 12.9. The maximum Gasteiger partial charge on any atom is 0.252 e. The van der Waals surface area contributed by atoms with E-state index in [2.05, 4.69) is 10.4 Å². The Balaban J connectivity index is 1.80. The molecular weight excluding hydrogens is 402 g/mol. The topological polar surface area (TPSA) is 97.2 Å². The molecule has 3 aromatic rings. The fourth-order valence-corrected chi connectivity index (χ4v) is 4.03. The van der Waals surface area contributed by atoms with Crippen LogP contribution in [0.25, 0.3) is 22.3 Å². The summed E-state index contributed by atoms with van der Waals surface area (Å²) in [4.78, 5) is 17.7. The Morgan fingerprint density at radius 2 is 1.93 bits per heavy atom. The first-order chi connectivity index (χ1) is 14.4. The van der Waals surface area contributed by atoms with Gasteiger partial charge in [-0.2, -0.15) is 5.10 Å². The van der Waals surface area contributed by atoms with E-state index in [0.717, 1.165) is 5.56 Å². The van der Waals surface area contributed by atoms with Crippen LogP contribution in [0.2, 0.25) is 0 Å². The van der Waals surface area contributed by atoms with Crippen LogP contribution in [0.5, 0.6) is 0 Å². The molecule has 9 heteroatoms. The van der Waals surface area contributed by atoms with Crippen LogP contribution in [0.4, 0.5) is 0 Å². The molecule has 8 nitrogen and oxygen atoms in total. The minimum atomic E-state index is -3.21. The number of nitrogens with zero attached hydrogens (tertiary/aromatic N) is 4. The second kappa shape index (κ2) is 9.36. The Morgan fingerprint density at radius 1 is 1.20 bits per heavy atom. The monoisotopic (exact) mass is 429 g/mol. The lowest BCUT2D eigenvalue weighted by Gasteiger charge is -2.16. The zero-order valence-corrected chi connectivity index (χ0v) is 18.3. The molecule has 0 radical (unpaired) electrons. The average Bonchev–Trinajstić information content (AvgIpc) is 3.19. The summed E-state index contributed by atoms with van der Waals surface area (Å²) in [6.07, 6.45) is 2.19. The number of carbonyl (C=O) groups is 1. The number of sulfonamides is 1. The highest BCUT2D eigenvalue weighted by atomic mass is 32.2. The first-order valence-electron chi connectivity index (χ1n) is 10.0. The van der Waals surface area contributed by atoms with Crippen LogP contribution in [0.1, 0.15) is 30.6 Å². The molecule has 0 atom stereocenters. The Bertz CT molecular complexity index is 1130. The number of amides is 1. The molecule has 0 saturated heterocycles. The summed E-state index contributed by atoms with van der Waals surface area (Å²) < 4.78 is 26.7. The molecule has 0 spiro atoms. The van der Waals surface area contributed by atoms with E-state index in [0.29, 0.717) is 48.3 Å². The van der Waals surface area contributed by atoms with Crippen molar-refractivity contribution < 1.29 is 13.2 Å². The maximum absolute atomic E-state index is 12.9. The van der Waals surface area contributed by atoms with Gasteiger partial charge in [0, 0.05) is 32.2 Å². The van der Waals surface area contributed by atoms with Gasteiger partial charge in [0.25, 0.3) is 5.91 Å². The summed E-state index contributed by atoms with van der Waals surface area (Å²) in [5.41, 5.74) is 2.80. The summed E-state index contributed by atoms with van der Waals surface area (Å²) in [6, 6.07) is 11.5. The molecule has 2 heterocycles. The van der Waals surface area contributed by atoms with Crippen molar-refractivity contribution in [3.8, 4) is 11.3 Å². The van der Waals surface area contributed by atoms with Crippen molar-refractivity contribution in [2.75, 3.05) is 25.9 Å². The largest absolute Gasteiger partial charge is 0.352 e. The van der Waals surface area contributed by atoms with E-state index in [-0.39, 0.29) is 11.7 Å². The Labute approximate surface area is 177 Å². The molecule has 1 aromatic carbocycles. The highest BCUT2D eigenvalue weighted by Crippen LogP contribution is 2.24. The normalized spacial score (nSPS) is 11.9. The van der Waals surface area contributed by atoms with Crippen LogP contribution >= 0.6 is 0 Å². The lowest BCUT2D eigenvalue weighted by Crippen LogP contribution is -2.32. The summed E-state index contributed by atoms with van der Waals surface area (Å²) in [7, 11) is -1.66. The molecule has 30 heavy (non-hydrogen) atoms. The van der Waals surface area contributed by atoms with Crippen molar-refractivity contribution in [2.24, 2.45) is 0 Å². The van der Waals surface area contributed by atoms with Gasteiger partial charge in [-0.15, -0.1) is 0 Å². The summed E-state index contributed by atoms with van der Waals surface area (Å²) in [5.74, 6) is -0.162. The van der Waals surface area contributed by atoms with Crippen LogP contribution in [0.3, 0.4) is 0 Å². The van der Waals surface area contributed by atoms with E-state index in [1.54, 1.807) is 30.9 Å². The zero-order chi connectivity index (χ0) is 21.7. The standard InChI is InChI=1S/C21H27N5O3S/c1-4-26-20-18(15-23-26)17(14-19(24-20)16-10-7-6-8-11-16)21(27)22-12-9-13-25(3)30(28,29)5-2/h6-8,10-11,14-15H,4-5,9,12-13H2,1-3H3,(H,22,27). The van der Waals surface area contributed by atoms with E-state index in [4.69, 9.17) is 4.98 Å². The van der Waals surface area contributed by atoms with Crippen LogP contribution in [0, 0.1) is 0 Å². The first kappa shape index (κ1) is 21.9. The van der Waals surface area contributed by atoms with Crippen LogP contribution < -0.4 is 5.32 Å². The molecule has 3 rings (SSSR count). The predicted molar refractivity (Wildman–Crippen MR) is 118 cm³/mol. The third-order valence-corrected chi connectivity index (χ3v) is 6.86. The highest BCUT2D eigenvalue weighted by Gasteiger charge is 2.18. The lowest BCUT2D eigenvalue weighted by molar-refractivity contribution is 0.0954. The number of rotatable bonds is 9. The van der Waals surface area contributed by atoms with Gasteiger partial charge in [-0.05, 0) is 26.3 Å². The average molecular weight is 430 g/mol. The minimum Gasteiger partial charge on any atom is -0.352 e. The summed E-state index contributed by atoms with van der Waals surface area (Å²) in [5, 5.41) is 7.94. The minimum absolute atomic E-state index is 0.0640. The molecule has 0 fully saturated rings. The number of nitrogens with one attached hydrogen (secondary N) is 1. The van der Waals surface area contributed by atoms with Crippen molar-refractivity contribution in [2.45, 2.75) is 26.8 Å². The van der Waals surface area contributed by atoms with Gasteiger partial charge < -0.3 is 5.32 Å². The number of fused-ring (bicyclic) bond motifs is 1. The fraction of sp³-hybridized carbons (Fsp3) is 0.381. The smallest absolute Gasteiger partial charge is 0.252 e.